The lowest BCUT2D eigenvalue weighted by atomic mass is 10.0. The first kappa shape index (κ1) is 15.7. The number of aryl methyl sites for hydroxylation is 4. The molecule has 0 saturated carbocycles. The van der Waals surface area contributed by atoms with Crippen LogP contribution < -0.4 is 9.80 Å². The number of rotatable bonds is 2. The Balaban J connectivity index is 1.96. The monoisotopic (exact) mass is 306 g/mol. The second-order valence-electron chi connectivity index (χ2n) is 6.73. The molecule has 0 atom stereocenters. The van der Waals surface area contributed by atoms with Gasteiger partial charge in [-0.2, -0.15) is 0 Å². The largest absolute Gasteiger partial charge is 0.328 e. The van der Waals surface area contributed by atoms with E-state index in [0.717, 1.165) is 6.67 Å². The van der Waals surface area contributed by atoms with Crippen LogP contribution in [0.2, 0.25) is 0 Å². The van der Waals surface area contributed by atoms with Crippen LogP contribution in [0.25, 0.3) is 0 Å². The van der Waals surface area contributed by atoms with Crippen molar-refractivity contribution in [1.29, 1.82) is 0 Å². The molecule has 0 aliphatic carbocycles. The van der Waals surface area contributed by atoms with Gasteiger partial charge in [0.2, 0.25) is 0 Å². The van der Waals surface area contributed by atoms with E-state index in [4.69, 9.17) is 0 Å². The van der Waals surface area contributed by atoms with Gasteiger partial charge in [0, 0.05) is 23.8 Å². The van der Waals surface area contributed by atoms with Crippen LogP contribution in [0.1, 0.15) is 33.4 Å². The summed E-state index contributed by atoms with van der Waals surface area (Å²) in [7, 11) is 0. The third-order valence-electron chi connectivity index (χ3n) is 5.11. The van der Waals surface area contributed by atoms with Crippen molar-refractivity contribution in [1.82, 2.24) is 0 Å². The fraction of sp³-hybridized carbons (Fsp3) is 0.333. The summed E-state index contributed by atoms with van der Waals surface area (Å²) in [5.41, 5.74) is 10.8. The highest BCUT2D eigenvalue weighted by atomic mass is 15.3. The number of benzene rings is 2. The van der Waals surface area contributed by atoms with Gasteiger partial charge in [-0.05, 0) is 74.9 Å². The van der Waals surface area contributed by atoms with Crippen LogP contribution in [0.3, 0.4) is 0 Å². The molecule has 1 aliphatic heterocycles. The van der Waals surface area contributed by atoms with Crippen LogP contribution >= 0.6 is 0 Å². The fourth-order valence-electron chi connectivity index (χ4n) is 3.47. The van der Waals surface area contributed by atoms with E-state index in [9.17, 15) is 0 Å². The quantitative estimate of drug-likeness (QED) is 0.743. The van der Waals surface area contributed by atoms with Crippen LogP contribution in [0, 0.1) is 41.5 Å². The van der Waals surface area contributed by atoms with Crippen molar-refractivity contribution in [2.24, 2.45) is 0 Å². The Morgan fingerprint density at radius 1 is 0.565 bits per heavy atom. The smallest absolute Gasteiger partial charge is 0.0989 e. The Hall–Kier alpha value is -2.22. The van der Waals surface area contributed by atoms with Crippen molar-refractivity contribution in [2.45, 2.75) is 41.5 Å². The Morgan fingerprint density at radius 3 is 1.30 bits per heavy atom. The molecule has 0 saturated heterocycles. The molecule has 0 radical (unpaired) electrons. The van der Waals surface area contributed by atoms with Gasteiger partial charge in [-0.1, -0.05) is 24.3 Å². The molecule has 0 fully saturated rings. The minimum Gasteiger partial charge on any atom is -0.328 e. The predicted molar refractivity (Wildman–Crippen MR) is 100 cm³/mol. The van der Waals surface area contributed by atoms with E-state index in [0.29, 0.717) is 0 Å². The first-order chi connectivity index (χ1) is 10.9. The SMILES string of the molecule is Cc1ccc(C)c(N2C=CN(c3c(C)ccc(C)c3C)C2)c1C. The molecule has 1 heterocycles. The summed E-state index contributed by atoms with van der Waals surface area (Å²) >= 11 is 0. The van der Waals surface area contributed by atoms with E-state index < -0.39 is 0 Å². The third-order valence-corrected chi connectivity index (χ3v) is 5.11. The van der Waals surface area contributed by atoms with Crippen LogP contribution in [0.4, 0.5) is 11.4 Å². The molecule has 2 heteroatoms. The molecule has 0 N–H and O–H groups in total. The molecule has 23 heavy (non-hydrogen) atoms. The second-order valence-corrected chi connectivity index (χ2v) is 6.73. The molecule has 1 aliphatic rings. The van der Waals surface area contributed by atoms with Crippen molar-refractivity contribution in [2.75, 3.05) is 16.5 Å². The summed E-state index contributed by atoms with van der Waals surface area (Å²) < 4.78 is 0. The number of nitrogens with zero attached hydrogens (tertiary/aromatic N) is 2. The van der Waals surface area contributed by atoms with Gasteiger partial charge in [0.25, 0.3) is 0 Å². The van der Waals surface area contributed by atoms with Crippen molar-refractivity contribution >= 4 is 11.4 Å². The summed E-state index contributed by atoms with van der Waals surface area (Å²) in [5.74, 6) is 0. The number of hydrogen-bond acceptors (Lipinski definition) is 2. The minimum atomic E-state index is 0.871. The fourth-order valence-corrected chi connectivity index (χ4v) is 3.47. The van der Waals surface area contributed by atoms with Gasteiger partial charge in [0.05, 0.1) is 6.67 Å². The molecule has 0 unspecified atom stereocenters. The lowest BCUT2D eigenvalue weighted by Crippen LogP contribution is -2.27. The Labute approximate surface area is 140 Å². The van der Waals surface area contributed by atoms with E-state index in [2.05, 4.69) is 88.0 Å². The summed E-state index contributed by atoms with van der Waals surface area (Å²) in [6, 6.07) is 8.86. The summed E-state index contributed by atoms with van der Waals surface area (Å²) in [4.78, 5) is 4.72. The summed E-state index contributed by atoms with van der Waals surface area (Å²) in [6.45, 7) is 14.1. The zero-order chi connectivity index (χ0) is 16.7. The Morgan fingerprint density at radius 2 is 0.913 bits per heavy atom. The zero-order valence-electron chi connectivity index (χ0n) is 15.1. The predicted octanol–water partition coefficient (Wildman–Crippen LogP) is 5.29. The first-order valence-electron chi connectivity index (χ1n) is 8.25. The maximum Gasteiger partial charge on any atom is 0.0989 e. The Kier molecular flexibility index (Phi) is 3.93. The molecule has 120 valence electrons. The highest BCUT2D eigenvalue weighted by Crippen LogP contribution is 2.34. The van der Waals surface area contributed by atoms with Gasteiger partial charge < -0.3 is 9.80 Å². The highest BCUT2D eigenvalue weighted by Gasteiger charge is 2.21. The van der Waals surface area contributed by atoms with Crippen molar-refractivity contribution in [3.8, 4) is 0 Å². The normalized spacial score (nSPS) is 14.0. The standard InChI is InChI=1S/C21H26N2/c1-14-7-9-16(3)20(18(14)5)22-11-12-23(13-22)21-17(4)10-8-15(2)19(21)6/h7-12H,13H2,1-6H3. The second kappa shape index (κ2) is 5.77. The lowest BCUT2D eigenvalue weighted by Gasteiger charge is -2.27. The van der Waals surface area contributed by atoms with Crippen molar-refractivity contribution in [3.63, 3.8) is 0 Å². The van der Waals surface area contributed by atoms with Gasteiger partial charge >= 0.3 is 0 Å². The third kappa shape index (κ3) is 2.63. The maximum atomic E-state index is 2.36. The molecular formula is C21H26N2. The van der Waals surface area contributed by atoms with Crippen LogP contribution in [0.15, 0.2) is 36.7 Å². The van der Waals surface area contributed by atoms with Gasteiger partial charge in [-0.25, -0.2) is 0 Å². The van der Waals surface area contributed by atoms with Crippen molar-refractivity contribution in [3.05, 3.63) is 70.0 Å². The molecule has 3 rings (SSSR count). The van der Waals surface area contributed by atoms with E-state index >= 15 is 0 Å². The number of anilines is 2. The van der Waals surface area contributed by atoms with E-state index in [-0.39, 0.29) is 0 Å². The molecule has 0 amide bonds. The first-order valence-corrected chi connectivity index (χ1v) is 8.25. The molecule has 2 nitrogen and oxygen atoms in total. The molecule has 0 aromatic heterocycles. The summed E-state index contributed by atoms with van der Waals surface area (Å²) in [5, 5.41) is 0. The Bertz CT molecular complexity index is 721. The molecule has 2 aromatic rings. The van der Waals surface area contributed by atoms with E-state index in [1.807, 2.05) is 0 Å². The summed E-state index contributed by atoms with van der Waals surface area (Å²) in [6.07, 6.45) is 4.41. The van der Waals surface area contributed by atoms with E-state index in [1.165, 1.54) is 44.8 Å². The van der Waals surface area contributed by atoms with E-state index in [1.54, 1.807) is 0 Å². The molecule has 2 aromatic carbocycles. The minimum absolute atomic E-state index is 0.871. The molecule has 0 spiro atoms. The van der Waals surface area contributed by atoms with Gasteiger partial charge in [-0.15, -0.1) is 0 Å². The van der Waals surface area contributed by atoms with Crippen LogP contribution in [-0.2, 0) is 0 Å². The average Bonchev–Trinajstić information content (AvgIpc) is 2.97. The van der Waals surface area contributed by atoms with Gasteiger partial charge in [-0.3, -0.25) is 0 Å². The molecular weight excluding hydrogens is 280 g/mol. The topological polar surface area (TPSA) is 6.48 Å². The van der Waals surface area contributed by atoms with Crippen molar-refractivity contribution < 1.29 is 0 Å². The number of hydrogen-bond donors (Lipinski definition) is 0. The lowest BCUT2D eigenvalue weighted by molar-refractivity contribution is 0.952. The average molecular weight is 306 g/mol. The van der Waals surface area contributed by atoms with Crippen LogP contribution in [0.5, 0.6) is 0 Å². The van der Waals surface area contributed by atoms with Gasteiger partial charge in [0.15, 0.2) is 0 Å². The molecule has 0 bridgehead atoms. The van der Waals surface area contributed by atoms with Gasteiger partial charge in [0.1, 0.15) is 0 Å². The highest BCUT2D eigenvalue weighted by molar-refractivity contribution is 5.69. The zero-order valence-corrected chi connectivity index (χ0v) is 15.1. The van der Waals surface area contributed by atoms with Crippen LogP contribution in [-0.4, -0.2) is 6.67 Å². The maximum absolute atomic E-state index is 2.36.